The molecule has 0 unspecified atom stereocenters. The minimum atomic E-state index is -3.86. The highest BCUT2D eigenvalue weighted by molar-refractivity contribution is 7.89. The van der Waals surface area contributed by atoms with Gasteiger partial charge < -0.3 is 9.84 Å². The van der Waals surface area contributed by atoms with Gasteiger partial charge in [-0.15, -0.1) is 0 Å². The molecule has 0 spiro atoms. The van der Waals surface area contributed by atoms with Gasteiger partial charge in [-0.25, -0.2) is 12.8 Å². The van der Waals surface area contributed by atoms with Crippen molar-refractivity contribution in [2.45, 2.75) is 43.5 Å². The summed E-state index contributed by atoms with van der Waals surface area (Å²) < 4.78 is 44.8. The Balaban J connectivity index is 1.62. The average molecular weight is 396 g/mol. The molecule has 0 bridgehead atoms. The molecular weight excluding hydrogens is 375 g/mol. The van der Waals surface area contributed by atoms with Crippen molar-refractivity contribution in [1.82, 2.24) is 19.8 Å². The highest BCUT2D eigenvalue weighted by Gasteiger charge is 2.39. The van der Waals surface area contributed by atoms with Crippen molar-refractivity contribution in [3.8, 4) is 0 Å². The monoisotopic (exact) mass is 396 g/mol. The number of halogens is 1. The molecule has 8 nitrogen and oxygen atoms in total. The molecule has 27 heavy (non-hydrogen) atoms. The molecule has 10 heteroatoms. The Morgan fingerprint density at radius 2 is 2.11 bits per heavy atom. The fourth-order valence-corrected chi connectivity index (χ4v) is 4.64. The number of benzene rings is 1. The number of rotatable bonds is 7. The first-order valence-electron chi connectivity index (χ1n) is 8.78. The zero-order valence-electron chi connectivity index (χ0n) is 14.9. The van der Waals surface area contributed by atoms with Crippen molar-refractivity contribution in [3.05, 3.63) is 41.8 Å². The number of hydrogen-bond donors (Lipinski definition) is 1. The largest absolute Gasteiger partial charge is 0.354 e. The standard InChI is InChI=1S/C17H21FN4O4S/c1-2-16-20-15(21-26-16)9-10-19-17(23)14-4-3-11-22(14)27(24,25)13-7-5-12(18)6-8-13/h5-8,14H,2-4,9-11H2,1H3,(H,19,23)/t14-/m0/s1. The number of nitrogens with zero attached hydrogens (tertiary/aromatic N) is 3. The number of amides is 1. The lowest BCUT2D eigenvalue weighted by atomic mass is 10.2. The van der Waals surface area contributed by atoms with Crippen LogP contribution in [0.25, 0.3) is 0 Å². The number of sulfonamides is 1. The van der Waals surface area contributed by atoms with Crippen molar-refractivity contribution >= 4 is 15.9 Å². The summed E-state index contributed by atoms with van der Waals surface area (Å²) in [7, 11) is -3.86. The van der Waals surface area contributed by atoms with Gasteiger partial charge in [0, 0.05) is 25.9 Å². The number of hydrogen-bond acceptors (Lipinski definition) is 6. The molecule has 2 heterocycles. The second-order valence-corrected chi connectivity index (χ2v) is 8.12. The van der Waals surface area contributed by atoms with Crippen LogP contribution in [0.1, 0.15) is 31.5 Å². The Labute approximate surface area is 156 Å². The Bertz CT molecular complexity index is 898. The predicted molar refractivity (Wildman–Crippen MR) is 93.7 cm³/mol. The molecule has 0 saturated carbocycles. The van der Waals surface area contributed by atoms with E-state index in [9.17, 15) is 17.6 Å². The topological polar surface area (TPSA) is 105 Å². The van der Waals surface area contributed by atoms with Gasteiger partial charge in [-0.2, -0.15) is 9.29 Å². The highest BCUT2D eigenvalue weighted by Crippen LogP contribution is 2.26. The van der Waals surface area contributed by atoms with E-state index in [1.807, 2.05) is 6.92 Å². The van der Waals surface area contributed by atoms with Crippen LogP contribution < -0.4 is 5.32 Å². The summed E-state index contributed by atoms with van der Waals surface area (Å²) in [6, 6.07) is 3.82. The Hall–Kier alpha value is -2.33. The SMILES string of the molecule is CCc1nc(CCNC(=O)[C@@H]2CCCN2S(=O)(=O)c2ccc(F)cc2)no1. The van der Waals surface area contributed by atoms with E-state index in [-0.39, 0.29) is 23.9 Å². The normalized spacial score (nSPS) is 17.9. The molecule has 1 saturated heterocycles. The third kappa shape index (κ3) is 4.33. The maximum absolute atomic E-state index is 13.1. The van der Waals surface area contributed by atoms with E-state index in [0.29, 0.717) is 37.4 Å². The number of aryl methyl sites for hydroxylation is 1. The van der Waals surface area contributed by atoms with Crippen molar-refractivity contribution in [3.63, 3.8) is 0 Å². The molecule has 146 valence electrons. The van der Waals surface area contributed by atoms with Crippen LogP contribution in [-0.2, 0) is 27.7 Å². The van der Waals surface area contributed by atoms with Crippen molar-refractivity contribution in [2.75, 3.05) is 13.1 Å². The Morgan fingerprint density at radius 1 is 1.37 bits per heavy atom. The summed E-state index contributed by atoms with van der Waals surface area (Å²) in [6.07, 6.45) is 2.06. The first kappa shape index (κ1) is 19.4. The van der Waals surface area contributed by atoms with E-state index >= 15 is 0 Å². The molecule has 0 aliphatic carbocycles. The van der Waals surface area contributed by atoms with Gasteiger partial charge in [0.15, 0.2) is 5.82 Å². The lowest BCUT2D eigenvalue weighted by molar-refractivity contribution is -0.124. The minimum absolute atomic E-state index is 0.0255. The molecular formula is C17H21FN4O4S. The Kier molecular flexibility index (Phi) is 5.85. The third-order valence-electron chi connectivity index (χ3n) is 4.39. The summed E-state index contributed by atoms with van der Waals surface area (Å²) in [5.41, 5.74) is 0. The van der Waals surface area contributed by atoms with E-state index in [4.69, 9.17) is 4.52 Å². The first-order valence-corrected chi connectivity index (χ1v) is 10.2. The van der Waals surface area contributed by atoms with E-state index in [2.05, 4.69) is 15.5 Å². The van der Waals surface area contributed by atoms with Gasteiger partial charge in [0.1, 0.15) is 11.9 Å². The number of aromatic nitrogens is 2. The molecule has 3 rings (SSSR count). The fraction of sp³-hybridized carbons (Fsp3) is 0.471. The van der Waals surface area contributed by atoms with E-state index < -0.39 is 21.9 Å². The van der Waals surface area contributed by atoms with Crippen LogP contribution in [0.2, 0.25) is 0 Å². The highest BCUT2D eigenvalue weighted by atomic mass is 32.2. The van der Waals surface area contributed by atoms with Gasteiger partial charge >= 0.3 is 0 Å². The van der Waals surface area contributed by atoms with Gasteiger partial charge in [0.2, 0.25) is 21.8 Å². The fourth-order valence-electron chi connectivity index (χ4n) is 2.98. The number of carbonyl (C=O) groups is 1. The maximum Gasteiger partial charge on any atom is 0.243 e. The summed E-state index contributed by atoms with van der Waals surface area (Å²) in [6.45, 7) is 2.43. The van der Waals surface area contributed by atoms with E-state index in [1.54, 1.807) is 0 Å². The van der Waals surface area contributed by atoms with Crippen LogP contribution in [-0.4, -0.2) is 47.9 Å². The van der Waals surface area contributed by atoms with Crippen LogP contribution in [0.5, 0.6) is 0 Å². The zero-order chi connectivity index (χ0) is 19.4. The smallest absolute Gasteiger partial charge is 0.243 e. The van der Waals surface area contributed by atoms with E-state index in [1.165, 1.54) is 16.4 Å². The van der Waals surface area contributed by atoms with Gasteiger partial charge in [0.25, 0.3) is 0 Å². The summed E-state index contributed by atoms with van der Waals surface area (Å²) in [5.74, 6) is 0.146. The van der Waals surface area contributed by atoms with Crippen LogP contribution in [0.4, 0.5) is 4.39 Å². The van der Waals surface area contributed by atoms with Crippen molar-refractivity contribution in [2.24, 2.45) is 0 Å². The lowest BCUT2D eigenvalue weighted by Crippen LogP contribution is -2.46. The number of carbonyl (C=O) groups excluding carboxylic acids is 1. The van der Waals surface area contributed by atoms with Crippen molar-refractivity contribution < 1.29 is 22.1 Å². The summed E-state index contributed by atoms with van der Waals surface area (Å²) in [5, 5.41) is 6.54. The second-order valence-electron chi connectivity index (χ2n) is 6.23. The molecule has 1 aromatic heterocycles. The maximum atomic E-state index is 13.1. The first-order chi connectivity index (χ1) is 12.9. The van der Waals surface area contributed by atoms with Crippen molar-refractivity contribution in [1.29, 1.82) is 0 Å². The molecule has 2 aromatic rings. The van der Waals surface area contributed by atoms with Crippen LogP contribution in [0, 0.1) is 5.82 Å². The quantitative estimate of drug-likeness (QED) is 0.756. The minimum Gasteiger partial charge on any atom is -0.354 e. The average Bonchev–Trinajstić information content (AvgIpc) is 3.31. The van der Waals surface area contributed by atoms with E-state index in [0.717, 1.165) is 12.1 Å². The molecule has 1 aliphatic rings. The van der Waals surface area contributed by atoms with Gasteiger partial charge in [-0.05, 0) is 37.1 Å². The second kappa shape index (κ2) is 8.13. The van der Waals surface area contributed by atoms with Crippen LogP contribution in [0.15, 0.2) is 33.7 Å². The molecule has 1 aliphatic heterocycles. The van der Waals surface area contributed by atoms with Crippen LogP contribution >= 0.6 is 0 Å². The Morgan fingerprint density at radius 3 is 2.78 bits per heavy atom. The molecule has 1 N–H and O–H groups in total. The predicted octanol–water partition coefficient (Wildman–Crippen LogP) is 1.28. The third-order valence-corrected chi connectivity index (χ3v) is 6.31. The zero-order valence-corrected chi connectivity index (χ0v) is 15.7. The molecule has 1 aromatic carbocycles. The molecule has 1 fully saturated rings. The lowest BCUT2D eigenvalue weighted by Gasteiger charge is -2.23. The number of nitrogens with one attached hydrogen (secondary N) is 1. The summed E-state index contributed by atoms with van der Waals surface area (Å²) >= 11 is 0. The van der Waals surface area contributed by atoms with Crippen LogP contribution in [0.3, 0.4) is 0 Å². The van der Waals surface area contributed by atoms with Gasteiger partial charge in [-0.3, -0.25) is 4.79 Å². The summed E-state index contributed by atoms with van der Waals surface area (Å²) in [4.78, 5) is 16.6. The van der Waals surface area contributed by atoms with Gasteiger partial charge in [-0.1, -0.05) is 12.1 Å². The molecule has 0 radical (unpaired) electrons. The van der Waals surface area contributed by atoms with Gasteiger partial charge in [0.05, 0.1) is 4.90 Å². The molecule has 1 atom stereocenters. The molecule has 1 amide bonds.